The molecule has 0 aliphatic carbocycles. The van der Waals surface area contributed by atoms with Gasteiger partial charge in [-0.3, -0.25) is 9.59 Å². The second-order valence-corrected chi connectivity index (χ2v) is 11.2. The van der Waals surface area contributed by atoms with E-state index >= 15 is 0 Å². The number of aryl methyl sites for hydroxylation is 1. The Labute approximate surface area is 249 Å². The molecule has 0 amide bonds. The van der Waals surface area contributed by atoms with Gasteiger partial charge in [0.25, 0.3) is 10.9 Å². The van der Waals surface area contributed by atoms with Gasteiger partial charge in [0, 0.05) is 39.3 Å². The smallest absolute Gasteiger partial charge is 0.253 e. The molecule has 0 bridgehead atoms. The average molecular weight is 582 g/mol. The van der Waals surface area contributed by atoms with Crippen LogP contribution in [0.15, 0.2) is 58.1 Å². The van der Waals surface area contributed by atoms with Gasteiger partial charge in [0.05, 0.1) is 19.8 Å². The molecule has 3 aromatic carbocycles. The zero-order valence-corrected chi connectivity index (χ0v) is 25.4. The third kappa shape index (κ3) is 9.58. The molecule has 3 aromatic rings. The van der Waals surface area contributed by atoms with Gasteiger partial charge in [-0.2, -0.15) is 0 Å². The van der Waals surface area contributed by atoms with Crippen molar-refractivity contribution in [3.05, 3.63) is 80.1 Å². The zero-order valence-electron chi connectivity index (χ0n) is 25.4. The Morgan fingerprint density at radius 1 is 0.881 bits per heavy atom. The quantitative estimate of drug-likeness (QED) is 0.116. The molecule has 0 aliphatic heterocycles. The van der Waals surface area contributed by atoms with Crippen molar-refractivity contribution in [2.75, 3.05) is 51.2 Å². The summed E-state index contributed by atoms with van der Waals surface area (Å²) < 4.78 is 16.5. The first-order valence-electron chi connectivity index (χ1n) is 14.8. The minimum atomic E-state index is -0.892. The lowest BCUT2D eigenvalue weighted by Gasteiger charge is -2.28. The number of nitrogens with one attached hydrogen (secondary N) is 2. The van der Waals surface area contributed by atoms with Crippen LogP contribution in [0.2, 0.25) is 0 Å². The Morgan fingerprint density at radius 2 is 1.60 bits per heavy atom. The lowest BCUT2D eigenvalue weighted by molar-refractivity contribution is 0.137. The summed E-state index contributed by atoms with van der Waals surface area (Å²) in [6, 6.07) is 15.5. The van der Waals surface area contributed by atoms with Crippen molar-refractivity contribution in [1.29, 1.82) is 0 Å². The van der Waals surface area contributed by atoms with Crippen LogP contribution in [0.1, 0.15) is 44.2 Å². The molecule has 0 radical (unpaired) electrons. The summed E-state index contributed by atoms with van der Waals surface area (Å²) in [7, 11) is 3.29. The van der Waals surface area contributed by atoms with Crippen LogP contribution in [-0.2, 0) is 17.6 Å². The van der Waals surface area contributed by atoms with Crippen LogP contribution in [0.5, 0.6) is 11.5 Å². The van der Waals surface area contributed by atoms with E-state index in [9.17, 15) is 14.7 Å². The highest BCUT2D eigenvalue weighted by atomic mass is 16.5. The molecule has 0 heterocycles. The summed E-state index contributed by atoms with van der Waals surface area (Å²) in [5.41, 5.74) is 8.18. The van der Waals surface area contributed by atoms with Gasteiger partial charge in [0.15, 0.2) is 11.5 Å². The fourth-order valence-corrected chi connectivity index (χ4v) is 4.98. The molecule has 0 spiro atoms. The summed E-state index contributed by atoms with van der Waals surface area (Å²) in [6.45, 7) is 6.09. The molecule has 0 saturated carbocycles. The van der Waals surface area contributed by atoms with Crippen molar-refractivity contribution in [2.45, 2.75) is 58.1 Å². The minimum Gasteiger partial charge on any atom is -0.493 e. The van der Waals surface area contributed by atoms with Gasteiger partial charge in [-0.25, -0.2) is 0 Å². The van der Waals surface area contributed by atoms with Crippen molar-refractivity contribution < 1.29 is 19.3 Å². The highest BCUT2D eigenvalue weighted by Gasteiger charge is 2.25. The number of anilines is 2. The average Bonchev–Trinajstić information content (AvgIpc) is 3.00. The van der Waals surface area contributed by atoms with Crippen LogP contribution in [0.3, 0.4) is 0 Å². The number of benzene rings is 2. The standard InChI is InChI=1S/C33H47N3O6/c1-22(2)25(18-24-13-14-28(41-4)29(19-24)42-17-9-16-40-3)20-26(34)27(37)21-36-31-30(32(38)33(31)39)35-15-8-12-23-10-6-5-7-11-23/h5-7,10-11,13-14,19,22,25-27,35-37H,8-9,12,15-18,20-21,34H2,1-4H3/t25-,26-,27-/m0/s1. The number of ether oxygens (including phenoxy) is 3. The molecule has 0 aromatic heterocycles. The predicted molar refractivity (Wildman–Crippen MR) is 169 cm³/mol. The van der Waals surface area contributed by atoms with Gasteiger partial charge in [-0.05, 0) is 60.8 Å². The largest absolute Gasteiger partial charge is 0.493 e. The first-order chi connectivity index (χ1) is 20.2. The van der Waals surface area contributed by atoms with Crippen LogP contribution in [0.25, 0.3) is 0 Å². The molecule has 42 heavy (non-hydrogen) atoms. The van der Waals surface area contributed by atoms with E-state index in [2.05, 4.69) is 36.6 Å². The van der Waals surface area contributed by atoms with Gasteiger partial charge in [-0.1, -0.05) is 50.2 Å². The maximum Gasteiger partial charge on any atom is 0.253 e. The Balaban J connectivity index is 1.52. The molecule has 0 saturated heterocycles. The van der Waals surface area contributed by atoms with Crippen LogP contribution in [0.4, 0.5) is 11.4 Å². The molecule has 0 unspecified atom stereocenters. The highest BCUT2D eigenvalue weighted by molar-refractivity contribution is 5.73. The molecule has 9 nitrogen and oxygen atoms in total. The Kier molecular flexibility index (Phi) is 13.3. The monoisotopic (exact) mass is 581 g/mol. The van der Waals surface area contributed by atoms with Crippen molar-refractivity contribution in [1.82, 2.24) is 0 Å². The van der Waals surface area contributed by atoms with E-state index in [1.54, 1.807) is 14.2 Å². The van der Waals surface area contributed by atoms with E-state index in [0.717, 1.165) is 31.2 Å². The van der Waals surface area contributed by atoms with E-state index in [1.165, 1.54) is 5.56 Å². The maximum absolute atomic E-state index is 12.2. The van der Waals surface area contributed by atoms with Crippen LogP contribution < -0.4 is 36.7 Å². The summed E-state index contributed by atoms with van der Waals surface area (Å²) >= 11 is 0. The van der Waals surface area contributed by atoms with Crippen molar-refractivity contribution >= 4 is 11.4 Å². The predicted octanol–water partition coefficient (Wildman–Crippen LogP) is 3.76. The number of rotatable bonds is 20. The van der Waals surface area contributed by atoms with E-state index in [1.807, 2.05) is 36.4 Å². The fourth-order valence-electron chi connectivity index (χ4n) is 4.98. The van der Waals surface area contributed by atoms with Crippen molar-refractivity contribution in [3.63, 3.8) is 0 Å². The molecule has 3 rings (SSSR count). The molecule has 0 aliphatic rings. The van der Waals surface area contributed by atoms with Gasteiger partial charge < -0.3 is 35.7 Å². The summed E-state index contributed by atoms with van der Waals surface area (Å²) in [4.78, 5) is 24.3. The Morgan fingerprint density at radius 3 is 2.26 bits per heavy atom. The molecule has 230 valence electrons. The second-order valence-electron chi connectivity index (χ2n) is 11.2. The molecule has 5 N–H and O–H groups in total. The van der Waals surface area contributed by atoms with Gasteiger partial charge >= 0.3 is 0 Å². The van der Waals surface area contributed by atoms with E-state index < -0.39 is 23.0 Å². The number of methoxy groups -OCH3 is 2. The van der Waals surface area contributed by atoms with E-state index in [-0.39, 0.29) is 23.8 Å². The normalized spacial score (nSPS) is 13.6. The van der Waals surface area contributed by atoms with E-state index in [4.69, 9.17) is 19.9 Å². The third-order valence-electron chi connectivity index (χ3n) is 7.67. The van der Waals surface area contributed by atoms with Gasteiger partial charge in [-0.15, -0.1) is 0 Å². The first kappa shape index (κ1) is 33.1. The van der Waals surface area contributed by atoms with Gasteiger partial charge in [0.1, 0.15) is 11.4 Å². The maximum atomic E-state index is 12.2. The Bertz CT molecular complexity index is 1290. The van der Waals surface area contributed by atoms with Crippen LogP contribution in [0, 0.1) is 11.8 Å². The number of aliphatic hydroxyl groups excluding tert-OH is 1. The molecular weight excluding hydrogens is 534 g/mol. The number of hydrogen-bond acceptors (Lipinski definition) is 9. The summed E-state index contributed by atoms with van der Waals surface area (Å²) in [6.07, 6.45) is 2.93. The summed E-state index contributed by atoms with van der Waals surface area (Å²) in [5.74, 6) is 1.90. The first-order valence-corrected chi connectivity index (χ1v) is 14.8. The lowest BCUT2D eigenvalue weighted by atomic mass is 9.83. The van der Waals surface area contributed by atoms with Crippen LogP contribution >= 0.6 is 0 Å². The zero-order chi connectivity index (χ0) is 30.5. The highest BCUT2D eigenvalue weighted by Crippen LogP contribution is 2.31. The number of aliphatic hydroxyl groups is 1. The molecular formula is C33H47N3O6. The van der Waals surface area contributed by atoms with Crippen LogP contribution in [-0.4, -0.2) is 57.8 Å². The molecule has 0 fully saturated rings. The number of hydrogen-bond donors (Lipinski definition) is 4. The topological polar surface area (TPSA) is 132 Å². The number of nitrogens with two attached hydrogens (primary N) is 1. The second kappa shape index (κ2) is 16.9. The van der Waals surface area contributed by atoms with E-state index in [0.29, 0.717) is 43.6 Å². The molecule has 3 atom stereocenters. The lowest BCUT2D eigenvalue weighted by Crippen LogP contribution is -2.44. The van der Waals surface area contributed by atoms with Crippen molar-refractivity contribution in [3.8, 4) is 11.5 Å². The fraction of sp³-hybridized carbons (Fsp3) is 0.515. The summed E-state index contributed by atoms with van der Waals surface area (Å²) in [5, 5.41) is 16.9. The van der Waals surface area contributed by atoms with Gasteiger partial charge in [0.2, 0.25) is 0 Å². The molecule has 9 heteroatoms. The van der Waals surface area contributed by atoms with Crippen molar-refractivity contribution in [2.24, 2.45) is 17.6 Å². The third-order valence-corrected chi connectivity index (χ3v) is 7.67. The Hall–Kier alpha value is -3.40. The SMILES string of the molecule is COCCCOc1cc(C[C@@H](C[C@H](N)[C@@H](O)CNc2c(NCCCc3ccccc3)c(=O)c2=O)C(C)C)ccc1OC. The minimum absolute atomic E-state index is 0.0809.